The highest BCUT2D eigenvalue weighted by molar-refractivity contribution is 5.48. The summed E-state index contributed by atoms with van der Waals surface area (Å²) >= 11 is 0. The van der Waals surface area contributed by atoms with Crippen molar-refractivity contribution in [2.75, 3.05) is 37.6 Å². The van der Waals surface area contributed by atoms with E-state index in [2.05, 4.69) is 47.9 Å². The van der Waals surface area contributed by atoms with Crippen molar-refractivity contribution < 1.29 is 0 Å². The Morgan fingerprint density at radius 2 is 1.67 bits per heavy atom. The van der Waals surface area contributed by atoms with E-state index in [4.69, 9.17) is 5.73 Å². The zero-order valence-electron chi connectivity index (χ0n) is 11.6. The van der Waals surface area contributed by atoms with Gasteiger partial charge in [0.1, 0.15) is 0 Å². The molecular formula is C15H25N3. The molecule has 0 atom stereocenters. The van der Waals surface area contributed by atoms with Gasteiger partial charge in [-0.25, -0.2) is 0 Å². The van der Waals surface area contributed by atoms with Crippen molar-refractivity contribution >= 4 is 5.69 Å². The van der Waals surface area contributed by atoms with Gasteiger partial charge < -0.3 is 10.6 Å². The summed E-state index contributed by atoms with van der Waals surface area (Å²) in [6, 6.07) is 9.54. The molecule has 2 rings (SSSR count). The molecule has 0 bridgehead atoms. The number of benzene rings is 1. The third-order valence-corrected chi connectivity index (χ3v) is 3.78. The van der Waals surface area contributed by atoms with Crippen LogP contribution in [0.1, 0.15) is 19.4 Å². The molecule has 0 aliphatic carbocycles. The Morgan fingerprint density at radius 3 is 2.17 bits per heavy atom. The standard InChI is InChI=1S/C15H25N3/c1-13(2)17-9-11-18(12-10-17)15-5-3-14(4-6-15)7-8-16/h3-6,13H,7-12,16H2,1-2H3. The van der Waals surface area contributed by atoms with Crippen LogP contribution >= 0.6 is 0 Å². The number of rotatable bonds is 4. The molecule has 1 heterocycles. The molecule has 1 aliphatic rings. The molecule has 100 valence electrons. The number of nitrogens with two attached hydrogens (primary N) is 1. The van der Waals surface area contributed by atoms with Crippen LogP contribution in [0.15, 0.2) is 24.3 Å². The highest BCUT2D eigenvalue weighted by Crippen LogP contribution is 2.18. The third-order valence-electron chi connectivity index (χ3n) is 3.78. The topological polar surface area (TPSA) is 32.5 Å². The van der Waals surface area contributed by atoms with Crippen molar-refractivity contribution in [1.82, 2.24) is 4.90 Å². The third kappa shape index (κ3) is 3.24. The van der Waals surface area contributed by atoms with Crippen LogP contribution in [0.5, 0.6) is 0 Å². The van der Waals surface area contributed by atoms with Gasteiger partial charge in [0.25, 0.3) is 0 Å². The van der Waals surface area contributed by atoms with E-state index in [0.29, 0.717) is 6.04 Å². The second-order valence-corrected chi connectivity index (χ2v) is 5.32. The maximum atomic E-state index is 5.57. The maximum absolute atomic E-state index is 5.57. The van der Waals surface area contributed by atoms with E-state index < -0.39 is 0 Å². The Morgan fingerprint density at radius 1 is 1.06 bits per heavy atom. The summed E-state index contributed by atoms with van der Waals surface area (Å²) < 4.78 is 0. The minimum Gasteiger partial charge on any atom is -0.369 e. The van der Waals surface area contributed by atoms with Crippen LogP contribution in [0.3, 0.4) is 0 Å². The molecule has 1 aromatic rings. The molecule has 3 nitrogen and oxygen atoms in total. The summed E-state index contributed by atoms with van der Waals surface area (Å²) in [5.74, 6) is 0. The molecule has 0 amide bonds. The first kappa shape index (κ1) is 13.4. The van der Waals surface area contributed by atoms with Crippen LogP contribution in [-0.4, -0.2) is 43.7 Å². The Labute approximate surface area is 111 Å². The Balaban J connectivity index is 1.93. The van der Waals surface area contributed by atoms with Gasteiger partial charge in [-0.3, -0.25) is 4.90 Å². The molecule has 1 saturated heterocycles. The average Bonchev–Trinajstić information content (AvgIpc) is 2.40. The predicted octanol–water partition coefficient (Wildman–Crippen LogP) is 1.72. The largest absolute Gasteiger partial charge is 0.369 e. The van der Waals surface area contributed by atoms with Gasteiger partial charge in [0.05, 0.1) is 0 Å². The molecule has 1 aliphatic heterocycles. The van der Waals surface area contributed by atoms with Crippen molar-refractivity contribution in [3.05, 3.63) is 29.8 Å². The van der Waals surface area contributed by atoms with E-state index in [0.717, 1.165) is 26.1 Å². The molecule has 2 N–H and O–H groups in total. The summed E-state index contributed by atoms with van der Waals surface area (Å²) in [6.07, 6.45) is 0.974. The maximum Gasteiger partial charge on any atom is 0.0367 e. The predicted molar refractivity (Wildman–Crippen MR) is 78.1 cm³/mol. The quantitative estimate of drug-likeness (QED) is 0.879. The van der Waals surface area contributed by atoms with Gasteiger partial charge in [-0.2, -0.15) is 0 Å². The fourth-order valence-corrected chi connectivity index (χ4v) is 2.54. The first-order chi connectivity index (χ1) is 8.70. The number of piperazine rings is 1. The number of hydrogen-bond acceptors (Lipinski definition) is 3. The summed E-state index contributed by atoms with van der Waals surface area (Å²) in [5.41, 5.74) is 8.25. The van der Waals surface area contributed by atoms with Crippen LogP contribution in [-0.2, 0) is 6.42 Å². The zero-order valence-corrected chi connectivity index (χ0v) is 11.6. The van der Waals surface area contributed by atoms with E-state index >= 15 is 0 Å². The summed E-state index contributed by atoms with van der Waals surface area (Å²) in [4.78, 5) is 5.02. The lowest BCUT2D eigenvalue weighted by molar-refractivity contribution is 0.209. The van der Waals surface area contributed by atoms with Crippen molar-refractivity contribution in [1.29, 1.82) is 0 Å². The lowest BCUT2D eigenvalue weighted by atomic mass is 10.1. The second-order valence-electron chi connectivity index (χ2n) is 5.32. The van der Waals surface area contributed by atoms with Gasteiger partial charge in [0, 0.05) is 37.9 Å². The molecule has 0 spiro atoms. The fourth-order valence-electron chi connectivity index (χ4n) is 2.54. The summed E-state index contributed by atoms with van der Waals surface area (Å²) in [5, 5.41) is 0. The SMILES string of the molecule is CC(C)N1CCN(c2ccc(CCN)cc2)CC1. The van der Waals surface area contributed by atoms with Crippen LogP contribution in [0.2, 0.25) is 0 Å². The minimum atomic E-state index is 0.666. The molecule has 1 fully saturated rings. The molecule has 3 heteroatoms. The minimum absolute atomic E-state index is 0.666. The lowest BCUT2D eigenvalue weighted by Crippen LogP contribution is -2.48. The number of anilines is 1. The van der Waals surface area contributed by atoms with Crippen molar-refractivity contribution in [3.63, 3.8) is 0 Å². The lowest BCUT2D eigenvalue weighted by Gasteiger charge is -2.38. The van der Waals surface area contributed by atoms with Crippen LogP contribution in [0.4, 0.5) is 5.69 Å². The van der Waals surface area contributed by atoms with Gasteiger partial charge in [-0.1, -0.05) is 12.1 Å². The van der Waals surface area contributed by atoms with Crippen LogP contribution in [0.25, 0.3) is 0 Å². The van der Waals surface area contributed by atoms with Gasteiger partial charge in [0.2, 0.25) is 0 Å². The van der Waals surface area contributed by atoms with Gasteiger partial charge in [-0.05, 0) is 44.5 Å². The molecule has 0 radical (unpaired) electrons. The molecule has 0 saturated carbocycles. The van der Waals surface area contributed by atoms with Crippen molar-refractivity contribution in [3.8, 4) is 0 Å². The smallest absolute Gasteiger partial charge is 0.0367 e. The molecular weight excluding hydrogens is 222 g/mol. The second kappa shape index (κ2) is 6.21. The first-order valence-corrected chi connectivity index (χ1v) is 6.98. The van der Waals surface area contributed by atoms with E-state index in [9.17, 15) is 0 Å². The van der Waals surface area contributed by atoms with Gasteiger partial charge >= 0.3 is 0 Å². The van der Waals surface area contributed by atoms with Crippen molar-refractivity contribution in [2.45, 2.75) is 26.3 Å². The molecule has 18 heavy (non-hydrogen) atoms. The number of hydrogen-bond donors (Lipinski definition) is 1. The van der Waals surface area contributed by atoms with E-state index in [1.165, 1.54) is 24.3 Å². The molecule has 0 unspecified atom stereocenters. The highest BCUT2D eigenvalue weighted by Gasteiger charge is 2.18. The first-order valence-electron chi connectivity index (χ1n) is 6.98. The van der Waals surface area contributed by atoms with Gasteiger partial charge in [0.15, 0.2) is 0 Å². The van der Waals surface area contributed by atoms with E-state index in [1.807, 2.05) is 0 Å². The summed E-state index contributed by atoms with van der Waals surface area (Å²) in [6.45, 7) is 9.88. The Kier molecular flexibility index (Phi) is 4.61. The van der Waals surface area contributed by atoms with Crippen LogP contribution < -0.4 is 10.6 Å². The fraction of sp³-hybridized carbons (Fsp3) is 0.600. The van der Waals surface area contributed by atoms with E-state index in [-0.39, 0.29) is 0 Å². The molecule has 0 aromatic heterocycles. The van der Waals surface area contributed by atoms with Crippen LogP contribution in [0, 0.1) is 0 Å². The molecule has 1 aromatic carbocycles. The summed E-state index contributed by atoms with van der Waals surface area (Å²) in [7, 11) is 0. The average molecular weight is 247 g/mol. The monoisotopic (exact) mass is 247 g/mol. The highest BCUT2D eigenvalue weighted by atomic mass is 15.3. The Bertz CT molecular complexity index is 351. The number of nitrogens with zero attached hydrogens (tertiary/aromatic N) is 2. The van der Waals surface area contributed by atoms with E-state index in [1.54, 1.807) is 0 Å². The Hall–Kier alpha value is -1.06. The van der Waals surface area contributed by atoms with Crippen molar-refractivity contribution in [2.24, 2.45) is 5.73 Å². The van der Waals surface area contributed by atoms with Gasteiger partial charge in [-0.15, -0.1) is 0 Å². The normalized spacial score (nSPS) is 17.4. The zero-order chi connectivity index (χ0) is 13.0.